The van der Waals surface area contributed by atoms with Gasteiger partial charge in [-0.1, -0.05) is 0 Å². The second kappa shape index (κ2) is 10.5. The molecule has 0 aromatic heterocycles. The fourth-order valence-electron chi connectivity index (χ4n) is 3.05. The van der Waals surface area contributed by atoms with Crippen molar-refractivity contribution in [3.05, 3.63) is 29.3 Å². The van der Waals surface area contributed by atoms with Crippen LogP contribution in [-0.2, 0) is 14.3 Å². The highest BCUT2D eigenvalue weighted by Gasteiger charge is 2.49. The van der Waals surface area contributed by atoms with Crippen LogP contribution in [0.15, 0.2) is 17.2 Å². The molecule has 1 aliphatic rings. The van der Waals surface area contributed by atoms with Crippen LogP contribution in [0.4, 0.5) is 8.78 Å². The topological polar surface area (TPSA) is 63.6 Å². The summed E-state index contributed by atoms with van der Waals surface area (Å²) in [5, 5.41) is 5.60. The Kier molecular flexibility index (Phi) is 8.33. The van der Waals surface area contributed by atoms with Gasteiger partial charge in [-0.3, -0.25) is 5.01 Å². The van der Waals surface area contributed by atoms with Crippen molar-refractivity contribution in [2.24, 2.45) is 5.10 Å². The van der Waals surface area contributed by atoms with Gasteiger partial charge in [-0.15, -0.1) is 0 Å². The molecule has 29 heavy (non-hydrogen) atoms. The molecule has 1 aromatic carbocycles. The highest BCUT2D eigenvalue weighted by atomic mass is 19.2. The largest absolute Gasteiger partial charge is 0.489 e. The third-order valence-electron chi connectivity index (χ3n) is 5.22. The van der Waals surface area contributed by atoms with Crippen LogP contribution in [0.1, 0.15) is 24.8 Å². The van der Waals surface area contributed by atoms with E-state index in [1.807, 2.05) is 11.9 Å². The minimum atomic E-state index is -1.07. The Morgan fingerprint density at radius 1 is 1.17 bits per heavy atom. The Morgan fingerprint density at radius 3 is 2.45 bits per heavy atom. The van der Waals surface area contributed by atoms with E-state index in [9.17, 15) is 13.6 Å². The minimum absolute atomic E-state index is 0.0294. The lowest BCUT2D eigenvalue weighted by molar-refractivity contribution is -0.160. The van der Waals surface area contributed by atoms with Gasteiger partial charge in [-0.25, -0.2) is 9.18 Å². The van der Waals surface area contributed by atoms with Crippen LogP contribution in [0.5, 0.6) is 5.75 Å². The van der Waals surface area contributed by atoms with Gasteiger partial charge in [0.1, 0.15) is 6.61 Å². The summed E-state index contributed by atoms with van der Waals surface area (Å²) in [6.07, 6.45) is 3.29. The molecule has 2 rings (SSSR count). The number of rotatable bonds is 11. The van der Waals surface area contributed by atoms with Crippen molar-refractivity contribution in [3.8, 4) is 5.75 Å². The molecule has 0 spiro atoms. The minimum Gasteiger partial charge on any atom is -0.489 e. The van der Waals surface area contributed by atoms with Crippen molar-refractivity contribution >= 4 is 12.2 Å². The summed E-state index contributed by atoms with van der Waals surface area (Å²) in [5.41, 5.74) is -0.865. The zero-order chi connectivity index (χ0) is 21.4. The number of likely N-dealkylation sites (N-methyl/N-ethyl adjacent to an activating group) is 2. The van der Waals surface area contributed by atoms with Crippen LogP contribution in [0.25, 0.3) is 0 Å². The Hall–Kier alpha value is -2.26. The van der Waals surface area contributed by atoms with Gasteiger partial charge >= 0.3 is 5.97 Å². The summed E-state index contributed by atoms with van der Waals surface area (Å²) >= 11 is 0. The lowest BCUT2D eigenvalue weighted by Crippen LogP contribution is -2.56. The molecule has 1 aliphatic carbocycles. The van der Waals surface area contributed by atoms with Crippen molar-refractivity contribution in [3.63, 3.8) is 0 Å². The van der Waals surface area contributed by atoms with Gasteiger partial charge in [-0.2, -0.15) is 9.49 Å². The van der Waals surface area contributed by atoms with Crippen LogP contribution in [0.2, 0.25) is 0 Å². The van der Waals surface area contributed by atoms with Crippen LogP contribution in [0.3, 0.4) is 0 Å². The molecule has 0 bridgehead atoms. The molecule has 0 aliphatic heterocycles. The maximum Gasteiger partial charge on any atom is 0.333 e. The number of ether oxygens (including phenoxy) is 3. The second-order valence-corrected chi connectivity index (χ2v) is 7.07. The molecule has 7 nitrogen and oxygen atoms in total. The van der Waals surface area contributed by atoms with Gasteiger partial charge in [0.05, 0.1) is 19.9 Å². The van der Waals surface area contributed by atoms with E-state index >= 15 is 0 Å². The zero-order valence-electron chi connectivity index (χ0n) is 17.4. The van der Waals surface area contributed by atoms with Gasteiger partial charge in [-0.05, 0) is 38.4 Å². The summed E-state index contributed by atoms with van der Waals surface area (Å²) in [7, 11) is 6.45. The normalized spacial score (nSPS) is 15.4. The second-order valence-electron chi connectivity index (χ2n) is 7.07. The van der Waals surface area contributed by atoms with Gasteiger partial charge in [0.2, 0.25) is 5.82 Å². The number of benzene rings is 1. The summed E-state index contributed by atoms with van der Waals surface area (Å²) in [6, 6.07) is 2.76. The van der Waals surface area contributed by atoms with Crippen molar-refractivity contribution in [1.82, 2.24) is 9.91 Å². The molecule has 1 aromatic rings. The number of methoxy groups -OCH3 is 2. The fraction of sp³-hybridized carbons (Fsp3) is 0.600. The van der Waals surface area contributed by atoms with Crippen LogP contribution in [-0.4, -0.2) is 82.2 Å². The lowest BCUT2D eigenvalue weighted by Gasteiger charge is -2.44. The molecule has 0 radical (unpaired) electrons. The number of esters is 1. The molecule has 0 atom stereocenters. The van der Waals surface area contributed by atoms with E-state index in [-0.39, 0.29) is 23.9 Å². The lowest BCUT2D eigenvalue weighted by atomic mass is 9.76. The number of nitrogens with zero attached hydrogens (tertiary/aromatic N) is 3. The zero-order valence-corrected chi connectivity index (χ0v) is 17.4. The van der Waals surface area contributed by atoms with Crippen molar-refractivity contribution < 1.29 is 27.8 Å². The molecule has 0 saturated heterocycles. The Balaban J connectivity index is 2.00. The molecule has 1 saturated carbocycles. The molecular weight excluding hydrogens is 384 g/mol. The first kappa shape index (κ1) is 23.0. The Bertz CT molecular complexity index is 726. The first-order valence-corrected chi connectivity index (χ1v) is 9.50. The Morgan fingerprint density at radius 2 is 1.86 bits per heavy atom. The SMILES string of the molecule is COCCN(C)CCOc1ccc(C=NN(C)C2(C(=O)OC)CCC2)c(F)c1F. The average Bonchev–Trinajstić information content (AvgIpc) is 2.67. The van der Waals surface area contributed by atoms with E-state index in [4.69, 9.17) is 14.2 Å². The predicted octanol–water partition coefficient (Wildman–Crippen LogP) is 2.28. The van der Waals surface area contributed by atoms with E-state index in [2.05, 4.69) is 5.10 Å². The molecule has 1 fully saturated rings. The Labute approximate surface area is 170 Å². The molecule has 0 heterocycles. The summed E-state index contributed by atoms with van der Waals surface area (Å²) in [6.45, 7) is 2.06. The standard InChI is InChI=1S/C20H29F2N3O4/c1-24(10-12-27-3)11-13-29-16-7-6-15(17(21)18(16)22)14-23-25(2)20(8-5-9-20)19(26)28-4/h6-7,14H,5,8-13H2,1-4H3. The van der Waals surface area contributed by atoms with Gasteiger partial charge < -0.3 is 19.1 Å². The van der Waals surface area contributed by atoms with E-state index < -0.39 is 17.2 Å². The predicted molar refractivity (Wildman–Crippen MR) is 105 cm³/mol. The highest BCUT2D eigenvalue weighted by molar-refractivity contribution is 5.83. The van der Waals surface area contributed by atoms with Crippen molar-refractivity contribution in [2.75, 3.05) is 54.6 Å². The van der Waals surface area contributed by atoms with Crippen molar-refractivity contribution in [1.29, 1.82) is 0 Å². The maximum absolute atomic E-state index is 14.4. The highest BCUT2D eigenvalue weighted by Crippen LogP contribution is 2.38. The van der Waals surface area contributed by atoms with E-state index in [1.54, 1.807) is 14.2 Å². The number of carbonyl (C=O) groups is 1. The third kappa shape index (κ3) is 5.42. The molecule has 0 unspecified atom stereocenters. The smallest absolute Gasteiger partial charge is 0.333 e. The summed E-state index contributed by atoms with van der Waals surface area (Å²) in [5.74, 6) is -2.65. The molecule has 9 heteroatoms. The van der Waals surface area contributed by atoms with Crippen LogP contribution in [0, 0.1) is 11.6 Å². The van der Waals surface area contributed by atoms with Crippen LogP contribution >= 0.6 is 0 Å². The number of hydrogen-bond acceptors (Lipinski definition) is 7. The number of hydrogen-bond donors (Lipinski definition) is 0. The summed E-state index contributed by atoms with van der Waals surface area (Å²) in [4.78, 5) is 14.0. The number of hydrazone groups is 1. The van der Waals surface area contributed by atoms with Gasteiger partial charge in [0.25, 0.3) is 0 Å². The fourth-order valence-corrected chi connectivity index (χ4v) is 3.05. The molecule has 0 N–H and O–H groups in total. The number of halogens is 2. The van der Waals surface area contributed by atoms with Crippen molar-refractivity contribution in [2.45, 2.75) is 24.8 Å². The average molecular weight is 413 g/mol. The number of carbonyl (C=O) groups excluding carboxylic acids is 1. The molecular formula is C20H29F2N3O4. The van der Waals surface area contributed by atoms with E-state index in [0.717, 1.165) is 6.42 Å². The third-order valence-corrected chi connectivity index (χ3v) is 5.22. The van der Waals surface area contributed by atoms with E-state index in [1.165, 1.54) is 30.5 Å². The first-order chi connectivity index (χ1) is 13.9. The van der Waals surface area contributed by atoms with Gasteiger partial charge in [0.15, 0.2) is 17.1 Å². The monoisotopic (exact) mass is 413 g/mol. The quantitative estimate of drug-likeness (QED) is 0.315. The van der Waals surface area contributed by atoms with Crippen LogP contribution < -0.4 is 4.74 Å². The van der Waals surface area contributed by atoms with Gasteiger partial charge in [0, 0.05) is 32.8 Å². The molecule has 162 valence electrons. The van der Waals surface area contributed by atoms with E-state index in [0.29, 0.717) is 32.5 Å². The first-order valence-electron chi connectivity index (χ1n) is 9.50. The maximum atomic E-state index is 14.4. The molecule has 0 amide bonds. The summed E-state index contributed by atoms with van der Waals surface area (Å²) < 4.78 is 43.9.